The van der Waals surface area contributed by atoms with Gasteiger partial charge in [-0.05, 0) is 34.1 Å². The van der Waals surface area contributed by atoms with Crippen LogP contribution in [0.2, 0.25) is 0 Å². The van der Waals surface area contributed by atoms with Crippen molar-refractivity contribution >= 4 is 28.0 Å². The van der Waals surface area contributed by atoms with Gasteiger partial charge in [-0.15, -0.1) is 10.2 Å². The zero-order chi connectivity index (χ0) is 15.6. The van der Waals surface area contributed by atoms with E-state index < -0.39 is 17.7 Å². The fourth-order valence-electron chi connectivity index (χ4n) is 1.42. The van der Waals surface area contributed by atoms with Crippen molar-refractivity contribution in [3.05, 3.63) is 40.2 Å². The standard InChI is InChI=1S/C12H6BrF3N2O3/c13-8-2-1-6(12(14,15)16)5-7(8)11-18-17-9(21-11)3-4-10(19)20/h1-5H,(H,19,20)/b4-3+. The molecule has 0 aliphatic heterocycles. The number of carbonyl (C=O) groups is 1. The van der Waals surface area contributed by atoms with E-state index in [9.17, 15) is 18.0 Å². The second kappa shape index (κ2) is 5.68. The van der Waals surface area contributed by atoms with E-state index in [1.165, 1.54) is 6.07 Å². The van der Waals surface area contributed by atoms with Gasteiger partial charge >= 0.3 is 12.1 Å². The molecule has 0 amide bonds. The summed E-state index contributed by atoms with van der Waals surface area (Å²) < 4.78 is 43.5. The monoisotopic (exact) mass is 362 g/mol. The predicted molar refractivity (Wildman–Crippen MR) is 69.1 cm³/mol. The first kappa shape index (κ1) is 15.2. The summed E-state index contributed by atoms with van der Waals surface area (Å²) in [5, 5.41) is 15.6. The van der Waals surface area contributed by atoms with Crippen LogP contribution < -0.4 is 0 Å². The lowest BCUT2D eigenvalue weighted by molar-refractivity contribution is -0.137. The Labute approximate surface area is 124 Å². The summed E-state index contributed by atoms with van der Waals surface area (Å²) in [6.45, 7) is 0. The number of aromatic nitrogens is 2. The smallest absolute Gasteiger partial charge is 0.416 e. The van der Waals surface area contributed by atoms with Gasteiger partial charge in [0.2, 0.25) is 11.8 Å². The number of rotatable bonds is 3. The molecule has 0 bridgehead atoms. The van der Waals surface area contributed by atoms with Gasteiger partial charge in [0.15, 0.2) is 0 Å². The number of benzene rings is 1. The number of hydrogen-bond donors (Lipinski definition) is 1. The number of hydrogen-bond acceptors (Lipinski definition) is 4. The van der Waals surface area contributed by atoms with E-state index in [4.69, 9.17) is 9.52 Å². The maximum Gasteiger partial charge on any atom is 0.416 e. The highest BCUT2D eigenvalue weighted by Gasteiger charge is 2.31. The quantitative estimate of drug-likeness (QED) is 0.844. The Morgan fingerprint density at radius 1 is 1.33 bits per heavy atom. The van der Waals surface area contributed by atoms with Crippen molar-refractivity contribution in [3.8, 4) is 11.5 Å². The molecule has 0 radical (unpaired) electrons. The number of nitrogens with zero attached hydrogens (tertiary/aromatic N) is 2. The Morgan fingerprint density at radius 3 is 2.67 bits per heavy atom. The zero-order valence-electron chi connectivity index (χ0n) is 10.1. The zero-order valence-corrected chi connectivity index (χ0v) is 11.6. The van der Waals surface area contributed by atoms with Gasteiger partial charge in [-0.1, -0.05) is 0 Å². The maximum absolute atomic E-state index is 12.7. The van der Waals surface area contributed by atoms with Crippen LogP contribution in [0.1, 0.15) is 11.5 Å². The van der Waals surface area contributed by atoms with E-state index in [-0.39, 0.29) is 17.3 Å². The molecule has 9 heteroatoms. The van der Waals surface area contributed by atoms with Crippen LogP contribution in [0.3, 0.4) is 0 Å². The summed E-state index contributed by atoms with van der Waals surface area (Å²) in [6, 6.07) is 2.99. The Morgan fingerprint density at radius 2 is 2.05 bits per heavy atom. The molecule has 1 aromatic carbocycles. The Hall–Kier alpha value is -2.16. The molecule has 21 heavy (non-hydrogen) atoms. The minimum atomic E-state index is -4.50. The van der Waals surface area contributed by atoms with E-state index in [2.05, 4.69) is 26.1 Å². The SMILES string of the molecule is O=C(O)/C=C/c1nnc(-c2cc(C(F)(F)F)ccc2Br)o1. The van der Waals surface area contributed by atoms with Crippen molar-refractivity contribution in [3.63, 3.8) is 0 Å². The van der Waals surface area contributed by atoms with Crippen molar-refractivity contribution in [2.45, 2.75) is 6.18 Å². The highest BCUT2D eigenvalue weighted by molar-refractivity contribution is 9.10. The lowest BCUT2D eigenvalue weighted by Gasteiger charge is -2.08. The third-order valence-corrected chi connectivity index (χ3v) is 3.02. The number of carboxylic acid groups (broad SMARTS) is 1. The third kappa shape index (κ3) is 3.69. The van der Waals surface area contributed by atoms with Crippen LogP contribution in [0, 0.1) is 0 Å². The second-order valence-corrected chi connectivity index (χ2v) is 4.66. The van der Waals surface area contributed by atoms with Gasteiger partial charge in [0.1, 0.15) is 0 Å². The average molecular weight is 363 g/mol. The van der Waals surface area contributed by atoms with Crippen molar-refractivity contribution in [1.29, 1.82) is 0 Å². The molecule has 2 aromatic rings. The van der Waals surface area contributed by atoms with Crippen LogP contribution in [-0.2, 0) is 11.0 Å². The third-order valence-electron chi connectivity index (χ3n) is 2.33. The van der Waals surface area contributed by atoms with E-state index >= 15 is 0 Å². The normalized spacial score (nSPS) is 12.0. The Bertz CT molecular complexity index is 710. The molecule has 0 atom stereocenters. The maximum atomic E-state index is 12.7. The van der Waals surface area contributed by atoms with Crippen LogP contribution in [0.4, 0.5) is 13.2 Å². The summed E-state index contributed by atoms with van der Waals surface area (Å²) in [4.78, 5) is 10.3. The van der Waals surface area contributed by atoms with Gasteiger partial charge in [0.25, 0.3) is 0 Å². The molecule has 5 nitrogen and oxygen atoms in total. The number of aliphatic carboxylic acids is 1. The van der Waals surface area contributed by atoms with Gasteiger partial charge in [-0.3, -0.25) is 0 Å². The fraction of sp³-hybridized carbons (Fsp3) is 0.0833. The van der Waals surface area contributed by atoms with Gasteiger partial charge in [-0.25, -0.2) is 4.79 Å². The first-order valence-corrected chi connectivity index (χ1v) is 6.18. The van der Waals surface area contributed by atoms with Gasteiger partial charge in [0.05, 0.1) is 11.1 Å². The van der Waals surface area contributed by atoms with Gasteiger partial charge in [-0.2, -0.15) is 13.2 Å². The molecular weight excluding hydrogens is 357 g/mol. The average Bonchev–Trinajstić information content (AvgIpc) is 2.84. The molecule has 1 aromatic heterocycles. The van der Waals surface area contributed by atoms with Crippen molar-refractivity contribution in [1.82, 2.24) is 10.2 Å². The van der Waals surface area contributed by atoms with Crippen LogP contribution in [-0.4, -0.2) is 21.3 Å². The van der Waals surface area contributed by atoms with Gasteiger partial charge in [0, 0.05) is 16.6 Å². The number of halogens is 4. The minimum absolute atomic E-state index is 0.0623. The van der Waals surface area contributed by atoms with Crippen molar-refractivity contribution < 1.29 is 27.5 Å². The van der Waals surface area contributed by atoms with Crippen molar-refractivity contribution in [2.24, 2.45) is 0 Å². The van der Waals surface area contributed by atoms with E-state index in [1.54, 1.807) is 0 Å². The van der Waals surface area contributed by atoms with Crippen LogP contribution >= 0.6 is 15.9 Å². The first-order chi connectivity index (χ1) is 9.77. The minimum Gasteiger partial charge on any atom is -0.478 e. The highest BCUT2D eigenvalue weighted by Crippen LogP contribution is 2.35. The summed E-state index contributed by atoms with van der Waals surface area (Å²) in [7, 11) is 0. The lowest BCUT2D eigenvalue weighted by Crippen LogP contribution is -2.04. The molecule has 0 unspecified atom stereocenters. The Balaban J connectivity index is 2.40. The lowest BCUT2D eigenvalue weighted by atomic mass is 10.1. The van der Waals surface area contributed by atoms with Crippen molar-refractivity contribution in [2.75, 3.05) is 0 Å². The fourth-order valence-corrected chi connectivity index (χ4v) is 1.84. The summed E-state index contributed by atoms with van der Waals surface area (Å²) in [5.74, 6) is -1.50. The predicted octanol–water partition coefficient (Wildman–Crippen LogP) is 3.62. The molecule has 1 N–H and O–H groups in total. The number of alkyl halides is 3. The van der Waals surface area contributed by atoms with Crippen LogP contribution in [0.15, 0.2) is 33.2 Å². The summed E-state index contributed by atoms with van der Waals surface area (Å²) in [5.41, 5.74) is -0.797. The first-order valence-electron chi connectivity index (χ1n) is 5.39. The second-order valence-electron chi connectivity index (χ2n) is 3.81. The van der Waals surface area contributed by atoms with Crippen LogP contribution in [0.25, 0.3) is 17.5 Å². The van der Waals surface area contributed by atoms with E-state index in [1.807, 2.05) is 0 Å². The van der Waals surface area contributed by atoms with Crippen LogP contribution in [0.5, 0.6) is 0 Å². The Kier molecular flexibility index (Phi) is 4.12. The largest absolute Gasteiger partial charge is 0.478 e. The molecule has 0 fully saturated rings. The van der Waals surface area contributed by atoms with E-state index in [0.717, 1.165) is 24.3 Å². The molecular formula is C12H6BrF3N2O3. The molecule has 110 valence electrons. The topological polar surface area (TPSA) is 76.2 Å². The molecule has 0 aliphatic rings. The highest BCUT2D eigenvalue weighted by atomic mass is 79.9. The summed E-state index contributed by atoms with van der Waals surface area (Å²) in [6.07, 6.45) is -2.68. The van der Waals surface area contributed by atoms with E-state index in [0.29, 0.717) is 4.47 Å². The van der Waals surface area contributed by atoms with Gasteiger partial charge < -0.3 is 9.52 Å². The molecule has 2 rings (SSSR count). The summed E-state index contributed by atoms with van der Waals surface area (Å²) >= 11 is 3.10. The molecule has 0 saturated carbocycles. The molecule has 1 heterocycles. The molecule has 0 spiro atoms. The number of carboxylic acids is 1. The molecule has 0 saturated heterocycles. The molecule has 0 aliphatic carbocycles.